The molecule has 0 saturated carbocycles. The Hall–Kier alpha value is -1.12. The fourth-order valence-electron chi connectivity index (χ4n) is 1.94. The number of aromatic nitrogens is 2. The molecule has 0 aliphatic rings. The summed E-state index contributed by atoms with van der Waals surface area (Å²) in [6, 6.07) is 2.04. The van der Waals surface area contributed by atoms with E-state index in [0.717, 1.165) is 30.4 Å². The first kappa shape index (κ1) is 14.9. The molecule has 0 aliphatic heterocycles. The third-order valence-corrected chi connectivity index (χ3v) is 3.10. The van der Waals surface area contributed by atoms with Crippen molar-refractivity contribution in [3.8, 4) is 0 Å². The number of unbranched alkanes of at least 4 members (excludes halogenated alkanes) is 3. The molecule has 1 N–H and O–H groups in total. The molecule has 0 spiro atoms. The van der Waals surface area contributed by atoms with Crippen molar-refractivity contribution in [2.45, 2.75) is 59.3 Å². The third kappa shape index (κ3) is 6.58. The maximum absolute atomic E-state index is 4.22. The van der Waals surface area contributed by atoms with Crippen LogP contribution in [0.3, 0.4) is 0 Å². The molecule has 0 fully saturated rings. The van der Waals surface area contributed by atoms with Crippen LogP contribution in [0.15, 0.2) is 12.4 Å². The topological polar surface area (TPSA) is 37.8 Å². The standard InChI is InChI=1S/C15H27N3/c1-4-14-11-15(18-12-17-14)16-10-8-6-5-7-9-13(2)3/h11-13H,4-10H2,1-3H3,(H,16,17,18). The Kier molecular flexibility index (Phi) is 7.38. The van der Waals surface area contributed by atoms with Gasteiger partial charge in [0.25, 0.3) is 0 Å². The van der Waals surface area contributed by atoms with Gasteiger partial charge >= 0.3 is 0 Å². The molecule has 0 radical (unpaired) electrons. The van der Waals surface area contributed by atoms with Gasteiger partial charge in [0, 0.05) is 18.3 Å². The zero-order chi connectivity index (χ0) is 13.2. The van der Waals surface area contributed by atoms with Crippen LogP contribution in [0.5, 0.6) is 0 Å². The van der Waals surface area contributed by atoms with Gasteiger partial charge in [0.1, 0.15) is 12.1 Å². The molecule has 1 aromatic heterocycles. The molecule has 102 valence electrons. The van der Waals surface area contributed by atoms with E-state index in [1.165, 1.54) is 32.1 Å². The van der Waals surface area contributed by atoms with Crippen molar-refractivity contribution >= 4 is 5.82 Å². The number of anilines is 1. The molecule has 0 aliphatic carbocycles. The highest BCUT2D eigenvalue weighted by atomic mass is 15.0. The van der Waals surface area contributed by atoms with Crippen LogP contribution < -0.4 is 5.32 Å². The molecule has 1 rings (SSSR count). The lowest BCUT2D eigenvalue weighted by Gasteiger charge is -2.07. The van der Waals surface area contributed by atoms with Crippen LogP contribution in [0.2, 0.25) is 0 Å². The number of rotatable bonds is 9. The van der Waals surface area contributed by atoms with Crippen molar-refractivity contribution in [3.05, 3.63) is 18.1 Å². The van der Waals surface area contributed by atoms with Crippen molar-refractivity contribution < 1.29 is 0 Å². The predicted molar refractivity (Wildman–Crippen MR) is 77.8 cm³/mol. The molecule has 0 amide bonds. The Morgan fingerprint density at radius 2 is 1.89 bits per heavy atom. The number of hydrogen-bond donors (Lipinski definition) is 1. The van der Waals surface area contributed by atoms with Gasteiger partial charge in [-0.3, -0.25) is 0 Å². The normalized spacial score (nSPS) is 10.9. The minimum absolute atomic E-state index is 0.844. The highest BCUT2D eigenvalue weighted by molar-refractivity contribution is 5.34. The molecule has 1 aromatic rings. The molecule has 3 nitrogen and oxygen atoms in total. The number of nitrogens with one attached hydrogen (secondary N) is 1. The molecular formula is C15H27N3. The van der Waals surface area contributed by atoms with Crippen molar-refractivity contribution in [1.29, 1.82) is 0 Å². The number of aryl methyl sites for hydroxylation is 1. The minimum atomic E-state index is 0.844. The van der Waals surface area contributed by atoms with Gasteiger partial charge in [-0.05, 0) is 18.8 Å². The van der Waals surface area contributed by atoms with E-state index >= 15 is 0 Å². The first-order valence-electron chi connectivity index (χ1n) is 7.27. The highest BCUT2D eigenvalue weighted by Crippen LogP contribution is 2.10. The summed E-state index contributed by atoms with van der Waals surface area (Å²) < 4.78 is 0. The molecule has 18 heavy (non-hydrogen) atoms. The summed E-state index contributed by atoms with van der Waals surface area (Å²) in [6.07, 6.45) is 9.22. The Bertz CT molecular complexity index is 323. The van der Waals surface area contributed by atoms with E-state index in [2.05, 4.69) is 36.1 Å². The van der Waals surface area contributed by atoms with Gasteiger partial charge in [0.05, 0.1) is 0 Å². The summed E-state index contributed by atoms with van der Waals surface area (Å²) in [4.78, 5) is 8.41. The van der Waals surface area contributed by atoms with E-state index in [-0.39, 0.29) is 0 Å². The van der Waals surface area contributed by atoms with E-state index in [1.807, 2.05) is 6.07 Å². The minimum Gasteiger partial charge on any atom is -0.370 e. The van der Waals surface area contributed by atoms with Crippen molar-refractivity contribution in [2.24, 2.45) is 5.92 Å². The summed E-state index contributed by atoms with van der Waals surface area (Å²) in [7, 11) is 0. The summed E-state index contributed by atoms with van der Waals surface area (Å²) in [5.41, 5.74) is 1.10. The largest absolute Gasteiger partial charge is 0.370 e. The van der Waals surface area contributed by atoms with E-state index in [4.69, 9.17) is 0 Å². The van der Waals surface area contributed by atoms with Crippen molar-refractivity contribution in [3.63, 3.8) is 0 Å². The Morgan fingerprint density at radius 1 is 1.11 bits per heavy atom. The summed E-state index contributed by atoms with van der Waals surface area (Å²) in [5, 5.41) is 3.37. The zero-order valence-corrected chi connectivity index (χ0v) is 12.1. The van der Waals surface area contributed by atoms with E-state index < -0.39 is 0 Å². The van der Waals surface area contributed by atoms with Crippen LogP contribution in [0.25, 0.3) is 0 Å². The first-order chi connectivity index (χ1) is 8.72. The van der Waals surface area contributed by atoms with Crippen LogP contribution in [0.4, 0.5) is 5.82 Å². The van der Waals surface area contributed by atoms with Gasteiger partial charge in [-0.2, -0.15) is 0 Å². The average Bonchev–Trinajstić information content (AvgIpc) is 2.37. The maximum atomic E-state index is 4.22. The monoisotopic (exact) mass is 249 g/mol. The second-order valence-corrected chi connectivity index (χ2v) is 5.27. The van der Waals surface area contributed by atoms with Gasteiger partial charge in [-0.25, -0.2) is 9.97 Å². The molecule has 0 saturated heterocycles. The average molecular weight is 249 g/mol. The van der Waals surface area contributed by atoms with Gasteiger partial charge in [0.2, 0.25) is 0 Å². The lowest BCUT2D eigenvalue weighted by atomic mass is 10.0. The first-order valence-corrected chi connectivity index (χ1v) is 7.27. The number of hydrogen-bond acceptors (Lipinski definition) is 3. The molecule has 3 heteroatoms. The molecular weight excluding hydrogens is 222 g/mol. The van der Waals surface area contributed by atoms with Gasteiger partial charge in [0.15, 0.2) is 0 Å². The second-order valence-electron chi connectivity index (χ2n) is 5.27. The summed E-state index contributed by atoms with van der Waals surface area (Å²) >= 11 is 0. The highest BCUT2D eigenvalue weighted by Gasteiger charge is 1.97. The molecule has 0 bridgehead atoms. The maximum Gasteiger partial charge on any atom is 0.129 e. The van der Waals surface area contributed by atoms with Crippen LogP contribution in [-0.2, 0) is 6.42 Å². The van der Waals surface area contributed by atoms with Gasteiger partial charge in [-0.1, -0.05) is 46.5 Å². The van der Waals surface area contributed by atoms with Crippen LogP contribution in [0.1, 0.15) is 58.6 Å². The molecule has 0 unspecified atom stereocenters. The molecule has 0 aromatic carbocycles. The van der Waals surface area contributed by atoms with Crippen molar-refractivity contribution in [2.75, 3.05) is 11.9 Å². The summed E-state index contributed by atoms with van der Waals surface area (Å²) in [5.74, 6) is 1.81. The smallest absolute Gasteiger partial charge is 0.129 e. The summed E-state index contributed by atoms with van der Waals surface area (Å²) in [6.45, 7) is 7.71. The lowest BCUT2D eigenvalue weighted by Crippen LogP contribution is -2.04. The predicted octanol–water partition coefficient (Wildman–Crippen LogP) is 4.06. The van der Waals surface area contributed by atoms with Gasteiger partial charge < -0.3 is 5.32 Å². The van der Waals surface area contributed by atoms with E-state index in [9.17, 15) is 0 Å². The fourth-order valence-corrected chi connectivity index (χ4v) is 1.94. The Labute approximate surface area is 111 Å². The van der Waals surface area contributed by atoms with Crippen LogP contribution in [0, 0.1) is 5.92 Å². The SMILES string of the molecule is CCc1cc(NCCCCCCC(C)C)ncn1. The third-order valence-electron chi connectivity index (χ3n) is 3.10. The molecule has 1 heterocycles. The fraction of sp³-hybridized carbons (Fsp3) is 0.733. The quantitative estimate of drug-likeness (QED) is 0.671. The lowest BCUT2D eigenvalue weighted by molar-refractivity contribution is 0.523. The van der Waals surface area contributed by atoms with Crippen molar-refractivity contribution in [1.82, 2.24) is 9.97 Å². The van der Waals surface area contributed by atoms with E-state index in [1.54, 1.807) is 6.33 Å². The Balaban J connectivity index is 2.06. The van der Waals surface area contributed by atoms with Gasteiger partial charge in [-0.15, -0.1) is 0 Å². The molecule has 0 atom stereocenters. The van der Waals surface area contributed by atoms with E-state index in [0.29, 0.717) is 0 Å². The van der Waals surface area contributed by atoms with Crippen LogP contribution >= 0.6 is 0 Å². The van der Waals surface area contributed by atoms with Crippen LogP contribution in [-0.4, -0.2) is 16.5 Å². The Morgan fingerprint density at radius 3 is 2.61 bits per heavy atom. The second kappa shape index (κ2) is 8.90. The zero-order valence-electron chi connectivity index (χ0n) is 12.1. The number of nitrogens with zero attached hydrogens (tertiary/aromatic N) is 2.